The highest BCUT2D eigenvalue weighted by Crippen LogP contribution is 2.29. The first-order chi connectivity index (χ1) is 9.31. The summed E-state index contributed by atoms with van der Waals surface area (Å²) in [4.78, 5) is 42.8. The summed E-state index contributed by atoms with van der Waals surface area (Å²) in [5, 5.41) is 32.0. The van der Waals surface area contributed by atoms with Gasteiger partial charge in [-0.1, -0.05) is 0 Å². The summed E-state index contributed by atoms with van der Waals surface area (Å²) >= 11 is 0. The van der Waals surface area contributed by atoms with Crippen LogP contribution in [0.4, 0.5) is 17.1 Å². The maximum atomic E-state index is 11.4. The van der Waals surface area contributed by atoms with Crippen molar-refractivity contribution in [2.75, 3.05) is 0 Å². The fourth-order valence-corrected chi connectivity index (χ4v) is 1.66. The van der Waals surface area contributed by atoms with Crippen LogP contribution < -0.4 is 5.56 Å². The molecular weight excluding hydrogens is 276 g/mol. The van der Waals surface area contributed by atoms with Gasteiger partial charge in [0.25, 0.3) is 11.4 Å². The molecule has 20 heavy (non-hydrogen) atoms. The van der Waals surface area contributed by atoms with E-state index in [1.807, 2.05) is 4.98 Å². The zero-order valence-corrected chi connectivity index (χ0v) is 9.43. The number of nitro benzene ring substituents is 2. The number of nitrogens with zero attached hydrogens (tertiary/aromatic N) is 3. The van der Waals surface area contributed by atoms with Gasteiger partial charge in [-0.15, -0.1) is 0 Å². The summed E-state index contributed by atoms with van der Waals surface area (Å²) in [5.74, 6) is 0. The normalized spacial score (nSPS) is 10.4. The molecule has 0 aliphatic rings. The molecule has 1 N–H and O–H groups in total. The minimum Gasteiger partial charge on any atom is -0.310 e. The maximum Gasteiger partial charge on any atom is 0.334 e. The van der Waals surface area contributed by atoms with Crippen LogP contribution in [0.15, 0.2) is 23.0 Å². The number of pyridine rings is 1. The third-order valence-electron chi connectivity index (χ3n) is 2.50. The van der Waals surface area contributed by atoms with Crippen molar-refractivity contribution in [2.45, 2.75) is 0 Å². The van der Waals surface area contributed by atoms with E-state index in [1.165, 1.54) is 0 Å². The number of aromatic amines is 1. The predicted molar refractivity (Wildman–Crippen MR) is 64.5 cm³/mol. The first kappa shape index (κ1) is 13.1. The lowest BCUT2D eigenvalue weighted by Crippen LogP contribution is -2.12. The Bertz CT molecular complexity index is 825. The zero-order valence-electron chi connectivity index (χ0n) is 9.43. The largest absolute Gasteiger partial charge is 0.334 e. The Kier molecular flexibility index (Phi) is 2.86. The zero-order chi connectivity index (χ0) is 15.0. The van der Waals surface area contributed by atoms with Gasteiger partial charge < -0.3 is 4.98 Å². The number of nitro groups is 3. The molecule has 0 fully saturated rings. The molecule has 102 valence electrons. The van der Waals surface area contributed by atoms with Crippen molar-refractivity contribution >= 4 is 28.0 Å². The number of benzene rings is 1. The first-order valence-electron chi connectivity index (χ1n) is 4.95. The third-order valence-corrected chi connectivity index (χ3v) is 2.50. The number of fused-ring (bicyclic) bond motifs is 1. The van der Waals surface area contributed by atoms with Gasteiger partial charge in [0.05, 0.1) is 20.8 Å². The lowest BCUT2D eigenvalue weighted by Gasteiger charge is -2.00. The van der Waals surface area contributed by atoms with E-state index in [1.54, 1.807) is 0 Å². The molecule has 0 spiro atoms. The minimum atomic E-state index is -1.13. The van der Waals surface area contributed by atoms with Gasteiger partial charge in [-0.25, -0.2) is 0 Å². The summed E-state index contributed by atoms with van der Waals surface area (Å²) in [7, 11) is 0. The first-order valence-corrected chi connectivity index (χ1v) is 4.95. The fraction of sp³-hybridized carbons (Fsp3) is 0. The molecule has 2 rings (SSSR count). The van der Waals surface area contributed by atoms with Crippen molar-refractivity contribution in [3.05, 3.63) is 58.9 Å². The minimum absolute atomic E-state index is 0.169. The molecule has 0 atom stereocenters. The fourth-order valence-electron chi connectivity index (χ4n) is 1.66. The molecule has 1 aromatic carbocycles. The van der Waals surface area contributed by atoms with Gasteiger partial charge >= 0.3 is 11.2 Å². The van der Waals surface area contributed by atoms with Crippen molar-refractivity contribution in [3.63, 3.8) is 0 Å². The average Bonchev–Trinajstić information content (AvgIpc) is 2.36. The molecule has 0 radical (unpaired) electrons. The highest BCUT2D eigenvalue weighted by molar-refractivity contribution is 5.90. The molecule has 11 nitrogen and oxygen atoms in total. The Hall–Kier alpha value is -3.37. The Morgan fingerprint density at radius 3 is 1.95 bits per heavy atom. The van der Waals surface area contributed by atoms with Crippen LogP contribution >= 0.6 is 0 Å². The molecule has 0 saturated heterocycles. The van der Waals surface area contributed by atoms with Crippen LogP contribution in [0.25, 0.3) is 10.9 Å². The van der Waals surface area contributed by atoms with Crippen LogP contribution in [0.1, 0.15) is 0 Å². The maximum absolute atomic E-state index is 11.4. The topological polar surface area (TPSA) is 162 Å². The van der Waals surface area contributed by atoms with Gasteiger partial charge in [-0.2, -0.15) is 0 Å². The molecule has 1 heterocycles. The van der Waals surface area contributed by atoms with Gasteiger partial charge in [0.1, 0.15) is 5.52 Å². The lowest BCUT2D eigenvalue weighted by atomic mass is 10.1. The quantitative estimate of drug-likeness (QED) is 0.652. The molecule has 11 heteroatoms. The van der Waals surface area contributed by atoms with Gasteiger partial charge in [0, 0.05) is 17.5 Å². The molecular formula is C9H4N4O7. The standard InChI is InChI=1S/C9H4N4O7/c14-9-7(13(19)20)2-4-1-5(11(15)16)3-6(12(17)18)8(4)10-9/h1-3H,(H,10,14). The molecule has 0 amide bonds. The van der Waals surface area contributed by atoms with E-state index in [4.69, 9.17) is 0 Å². The number of H-pyrrole nitrogens is 1. The molecule has 0 aliphatic heterocycles. The SMILES string of the molecule is O=c1[nH]c2c([N+](=O)[O-])cc([N+](=O)[O-])cc2cc1[N+](=O)[O-]. The van der Waals surface area contributed by atoms with E-state index >= 15 is 0 Å². The van der Waals surface area contributed by atoms with Gasteiger partial charge in [-0.05, 0) is 0 Å². The van der Waals surface area contributed by atoms with Crippen LogP contribution in [-0.4, -0.2) is 19.8 Å². The smallest absolute Gasteiger partial charge is 0.310 e. The van der Waals surface area contributed by atoms with E-state index in [-0.39, 0.29) is 10.9 Å². The van der Waals surface area contributed by atoms with Crippen molar-refractivity contribution in [3.8, 4) is 0 Å². The second-order valence-corrected chi connectivity index (χ2v) is 3.68. The number of hydrogen-bond donors (Lipinski definition) is 1. The average molecular weight is 280 g/mol. The Balaban J connectivity index is 2.94. The van der Waals surface area contributed by atoms with E-state index in [9.17, 15) is 35.1 Å². The highest BCUT2D eigenvalue weighted by Gasteiger charge is 2.23. The highest BCUT2D eigenvalue weighted by atomic mass is 16.6. The van der Waals surface area contributed by atoms with Crippen molar-refractivity contribution < 1.29 is 14.8 Å². The van der Waals surface area contributed by atoms with Gasteiger partial charge in [-0.3, -0.25) is 35.1 Å². The van der Waals surface area contributed by atoms with E-state index in [0.29, 0.717) is 6.07 Å². The molecule has 1 aromatic heterocycles. The van der Waals surface area contributed by atoms with Crippen LogP contribution in [0.2, 0.25) is 0 Å². The second kappa shape index (κ2) is 4.38. The molecule has 0 bridgehead atoms. The van der Waals surface area contributed by atoms with Crippen LogP contribution in [0.5, 0.6) is 0 Å². The van der Waals surface area contributed by atoms with Crippen molar-refractivity contribution in [2.24, 2.45) is 0 Å². The summed E-state index contributed by atoms with van der Waals surface area (Å²) in [6.45, 7) is 0. The van der Waals surface area contributed by atoms with Crippen LogP contribution in [0, 0.1) is 30.3 Å². The van der Waals surface area contributed by atoms with Gasteiger partial charge in [0.15, 0.2) is 0 Å². The molecule has 0 unspecified atom stereocenters. The number of non-ortho nitro benzene ring substituents is 2. The molecule has 0 aliphatic carbocycles. The summed E-state index contributed by atoms with van der Waals surface area (Å²) in [6, 6.07) is 2.34. The Morgan fingerprint density at radius 2 is 1.45 bits per heavy atom. The van der Waals surface area contributed by atoms with E-state index in [0.717, 1.165) is 12.1 Å². The van der Waals surface area contributed by atoms with Crippen LogP contribution in [-0.2, 0) is 0 Å². The van der Waals surface area contributed by atoms with Crippen molar-refractivity contribution in [1.82, 2.24) is 4.98 Å². The van der Waals surface area contributed by atoms with Crippen molar-refractivity contribution in [1.29, 1.82) is 0 Å². The number of nitrogens with one attached hydrogen (secondary N) is 1. The van der Waals surface area contributed by atoms with E-state index in [2.05, 4.69) is 0 Å². The van der Waals surface area contributed by atoms with E-state index < -0.39 is 37.4 Å². The van der Waals surface area contributed by atoms with Crippen LogP contribution in [0.3, 0.4) is 0 Å². The Labute approximate surface area is 107 Å². The third kappa shape index (κ3) is 2.03. The van der Waals surface area contributed by atoms with Gasteiger partial charge in [0.2, 0.25) is 0 Å². The number of aromatic nitrogens is 1. The number of rotatable bonds is 3. The summed E-state index contributed by atoms with van der Waals surface area (Å²) in [6.07, 6.45) is 0. The predicted octanol–water partition coefficient (Wildman–Crippen LogP) is 1.25. The number of hydrogen-bond acceptors (Lipinski definition) is 7. The monoisotopic (exact) mass is 280 g/mol. The molecule has 0 saturated carbocycles. The Morgan fingerprint density at radius 1 is 0.850 bits per heavy atom. The lowest BCUT2D eigenvalue weighted by molar-refractivity contribution is -0.393. The molecule has 2 aromatic rings. The second-order valence-electron chi connectivity index (χ2n) is 3.68. The summed E-state index contributed by atoms with van der Waals surface area (Å²) in [5.41, 5.74) is -3.60. The summed E-state index contributed by atoms with van der Waals surface area (Å²) < 4.78 is 0.